The summed E-state index contributed by atoms with van der Waals surface area (Å²) in [6, 6.07) is 8.87. The lowest BCUT2D eigenvalue weighted by atomic mass is 10.1. The minimum Gasteiger partial charge on any atom is -0.378 e. The number of ether oxygens (including phenoxy) is 1. The van der Waals surface area contributed by atoms with Crippen LogP contribution in [-0.2, 0) is 17.8 Å². The van der Waals surface area contributed by atoms with E-state index in [0.29, 0.717) is 6.10 Å². The van der Waals surface area contributed by atoms with Gasteiger partial charge in [-0.2, -0.15) is 0 Å². The van der Waals surface area contributed by atoms with Gasteiger partial charge in [-0.3, -0.25) is 9.89 Å². The summed E-state index contributed by atoms with van der Waals surface area (Å²) in [6.07, 6.45) is 8.02. The molecule has 0 atom stereocenters. The van der Waals surface area contributed by atoms with Crippen molar-refractivity contribution < 1.29 is 4.74 Å². The maximum Gasteiger partial charge on any atom is 0.193 e. The molecule has 1 aromatic carbocycles. The molecule has 0 saturated carbocycles. The van der Waals surface area contributed by atoms with Crippen molar-refractivity contribution in [3.63, 3.8) is 0 Å². The van der Waals surface area contributed by atoms with Crippen molar-refractivity contribution >= 4 is 5.96 Å². The summed E-state index contributed by atoms with van der Waals surface area (Å²) in [6.45, 7) is 9.29. The quantitative estimate of drug-likeness (QED) is 0.599. The smallest absolute Gasteiger partial charge is 0.193 e. The Morgan fingerprint density at radius 2 is 1.71 bits per heavy atom. The van der Waals surface area contributed by atoms with E-state index in [4.69, 9.17) is 4.74 Å². The molecule has 0 aliphatic carbocycles. The van der Waals surface area contributed by atoms with Crippen molar-refractivity contribution in [3.05, 3.63) is 35.4 Å². The van der Waals surface area contributed by atoms with Gasteiger partial charge in [0.25, 0.3) is 0 Å². The van der Waals surface area contributed by atoms with Gasteiger partial charge >= 0.3 is 0 Å². The van der Waals surface area contributed by atoms with Crippen LogP contribution < -0.4 is 5.32 Å². The van der Waals surface area contributed by atoms with E-state index in [0.717, 1.165) is 51.6 Å². The highest BCUT2D eigenvalue weighted by atomic mass is 16.5. The minimum atomic E-state index is 0.411. The van der Waals surface area contributed by atoms with Crippen LogP contribution in [0.25, 0.3) is 0 Å². The molecule has 2 saturated heterocycles. The summed E-state index contributed by atoms with van der Waals surface area (Å²) in [7, 11) is 1.89. The average Bonchev–Trinajstić information content (AvgIpc) is 3.00. The number of likely N-dealkylation sites (tertiary alicyclic amines) is 2. The van der Waals surface area contributed by atoms with E-state index in [1.807, 2.05) is 7.05 Å². The molecule has 5 nitrogen and oxygen atoms in total. The van der Waals surface area contributed by atoms with Gasteiger partial charge < -0.3 is 15.0 Å². The fourth-order valence-electron chi connectivity index (χ4n) is 4.40. The molecule has 1 N–H and O–H groups in total. The average molecular weight is 387 g/mol. The zero-order valence-electron chi connectivity index (χ0n) is 17.8. The van der Waals surface area contributed by atoms with Crippen molar-refractivity contribution in [2.75, 3.05) is 39.8 Å². The summed E-state index contributed by atoms with van der Waals surface area (Å²) in [4.78, 5) is 9.53. The van der Waals surface area contributed by atoms with E-state index in [2.05, 4.69) is 51.3 Å². The fraction of sp³-hybridized carbons (Fsp3) is 0.696. The first-order valence-corrected chi connectivity index (χ1v) is 11.2. The number of rotatable bonds is 6. The van der Waals surface area contributed by atoms with Crippen molar-refractivity contribution in [2.24, 2.45) is 4.99 Å². The van der Waals surface area contributed by atoms with Crippen molar-refractivity contribution in [1.82, 2.24) is 15.1 Å². The Morgan fingerprint density at radius 1 is 1.04 bits per heavy atom. The van der Waals surface area contributed by atoms with Crippen molar-refractivity contribution in [1.29, 1.82) is 0 Å². The minimum absolute atomic E-state index is 0.411. The molecule has 0 spiro atoms. The number of guanidine groups is 1. The maximum absolute atomic E-state index is 5.78. The number of aliphatic imine (C=N–C) groups is 1. The molecule has 0 bridgehead atoms. The summed E-state index contributed by atoms with van der Waals surface area (Å²) in [5.41, 5.74) is 2.83. The lowest BCUT2D eigenvalue weighted by molar-refractivity contribution is 0.0263. The Labute approximate surface area is 171 Å². The molecule has 2 aliphatic heterocycles. The zero-order chi connectivity index (χ0) is 19.6. The van der Waals surface area contributed by atoms with Gasteiger partial charge in [0, 0.05) is 39.8 Å². The van der Waals surface area contributed by atoms with Gasteiger partial charge in [-0.25, -0.2) is 0 Å². The molecule has 0 aromatic heterocycles. The van der Waals surface area contributed by atoms with E-state index in [-0.39, 0.29) is 0 Å². The summed E-state index contributed by atoms with van der Waals surface area (Å²) < 4.78 is 5.78. The molecule has 28 heavy (non-hydrogen) atoms. The number of piperidine rings is 1. The third kappa shape index (κ3) is 6.21. The molecule has 2 heterocycles. The van der Waals surface area contributed by atoms with Crippen LogP contribution in [0.4, 0.5) is 0 Å². The predicted octanol–water partition coefficient (Wildman–Crippen LogP) is 3.64. The third-order valence-electron chi connectivity index (χ3n) is 6.00. The molecular weight excluding hydrogens is 348 g/mol. The van der Waals surface area contributed by atoms with E-state index in [1.165, 1.54) is 49.9 Å². The van der Waals surface area contributed by atoms with Gasteiger partial charge in [-0.1, -0.05) is 37.1 Å². The number of nitrogens with zero attached hydrogens (tertiary/aromatic N) is 3. The molecule has 5 heteroatoms. The normalized spacial score (nSPS) is 20.2. The van der Waals surface area contributed by atoms with E-state index < -0.39 is 0 Å². The number of hydrogen-bond donors (Lipinski definition) is 1. The largest absolute Gasteiger partial charge is 0.378 e. The molecule has 2 fully saturated rings. The second-order valence-electron chi connectivity index (χ2n) is 8.00. The zero-order valence-corrected chi connectivity index (χ0v) is 17.8. The highest BCUT2D eigenvalue weighted by molar-refractivity contribution is 5.80. The summed E-state index contributed by atoms with van der Waals surface area (Å²) in [5.74, 6) is 1.01. The van der Waals surface area contributed by atoms with Crippen molar-refractivity contribution in [2.45, 2.75) is 64.6 Å². The first-order valence-electron chi connectivity index (χ1n) is 11.2. The van der Waals surface area contributed by atoms with Crippen LogP contribution in [0.5, 0.6) is 0 Å². The Balaban J connectivity index is 1.54. The van der Waals surface area contributed by atoms with Crippen LogP contribution in [0.3, 0.4) is 0 Å². The van der Waals surface area contributed by atoms with Crippen LogP contribution in [0.1, 0.15) is 56.6 Å². The van der Waals surface area contributed by atoms with Gasteiger partial charge in [0.15, 0.2) is 5.96 Å². The number of hydrogen-bond acceptors (Lipinski definition) is 3. The second-order valence-corrected chi connectivity index (χ2v) is 8.00. The van der Waals surface area contributed by atoms with E-state index in [1.54, 1.807) is 0 Å². The molecule has 0 amide bonds. The van der Waals surface area contributed by atoms with Gasteiger partial charge in [-0.15, -0.1) is 0 Å². The number of benzene rings is 1. The Morgan fingerprint density at radius 3 is 2.36 bits per heavy atom. The van der Waals surface area contributed by atoms with Gasteiger partial charge in [0.2, 0.25) is 0 Å². The monoisotopic (exact) mass is 386 g/mol. The molecule has 156 valence electrons. The van der Waals surface area contributed by atoms with Gasteiger partial charge in [0.05, 0.1) is 6.10 Å². The predicted molar refractivity (Wildman–Crippen MR) is 117 cm³/mol. The lowest BCUT2D eigenvalue weighted by Gasteiger charge is -2.34. The Bertz CT molecular complexity index is 602. The van der Waals surface area contributed by atoms with Gasteiger partial charge in [-0.05, 0) is 56.8 Å². The third-order valence-corrected chi connectivity index (χ3v) is 6.00. The lowest BCUT2D eigenvalue weighted by Crippen LogP contribution is -2.46. The van der Waals surface area contributed by atoms with Crippen LogP contribution in [0.2, 0.25) is 0 Å². The molecule has 1 aromatic rings. The molecule has 3 rings (SSSR count). The van der Waals surface area contributed by atoms with Crippen LogP contribution in [0, 0.1) is 0 Å². The second kappa shape index (κ2) is 11.4. The molecule has 2 aliphatic rings. The van der Waals surface area contributed by atoms with Gasteiger partial charge in [0.1, 0.15) is 0 Å². The van der Waals surface area contributed by atoms with Crippen LogP contribution >= 0.6 is 0 Å². The summed E-state index contributed by atoms with van der Waals surface area (Å²) in [5, 5.41) is 3.61. The highest BCUT2D eigenvalue weighted by Crippen LogP contribution is 2.17. The molecular formula is C23H38N4O. The highest BCUT2D eigenvalue weighted by Gasteiger charge is 2.21. The number of nitrogens with one attached hydrogen (secondary N) is 1. The molecule has 0 radical (unpaired) electrons. The Kier molecular flexibility index (Phi) is 8.62. The molecule has 0 unspecified atom stereocenters. The van der Waals surface area contributed by atoms with Crippen LogP contribution in [0.15, 0.2) is 29.3 Å². The first-order chi connectivity index (χ1) is 13.8. The van der Waals surface area contributed by atoms with Crippen LogP contribution in [-0.4, -0.2) is 61.7 Å². The van der Waals surface area contributed by atoms with E-state index >= 15 is 0 Å². The topological polar surface area (TPSA) is 40.1 Å². The summed E-state index contributed by atoms with van der Waals surface area (Å²) >= 11 is 0. The standard InChI is InChI=1S/C23H38N4O/c1-3-28-22-12-16-27(17-13-22)23(24-2)25-18-20-10-6-7-11-21(20)19-26-14-8-4-5-9-15-26/h6-7,10-11,22H,3-5,8-9,12-19H2,1-2H3,(H,24,25). The maximum atomic E-state index is 5.78. The first kappa shape index (κ1) is 21.1. The SMILES string of the molecule is CCOC1CCN(C(=NC)NCc2ccccc2CN2CCCCCC2)CC1. The van der Waals surface area contributed by atoms with Crippen molar-refractivity contribution in [3.8, 4) is 0 Å². The Hall–Kier alpha value is -1.59. The fourth-order valence-corrected chi connectivity index (χ4v) is 4.40. The van der Waals surface area contributed by atoms with E-state index in [9.17, 15) is 0 Å².